The number of hydrogen-bond acceptors (Lipinski definition) is 3. The number of hydrogen-bond donors (Lipinski definition) is 2. The van der Waals surface area contributed by atoms with E-state index < -0.39 is 22.8 Å². The smallest absolute Gasteiger partial charge is 0.330 e. The van der Waals surface area contributed by atoms with E-state index in [1.54, 1.807) is 0 Å². The number of H-pyrrole nitrogens is 1. The van der Waals surface area contributed by atoms with Gasteiger partial charge in [0.15, 0.2) is 0 Å². The molecular formula is C11H14N2O4. The van der Waals surface area contributed by atoms with Gasteiger partial charge in [-0.1, -0.05) is 19.3 Å². The predicted octanol–water partition coefficient (Wildman–Crippen LogP) is 0.281. The second kappa shape index (κ2) is 4.20. The second-order valence-electron chi connectivity index (χ2n) is 4.38. The van der Waals surface area contributed by atoms with Gasteiger partial charge in [0, 0.05) is 12.3 Å². The second-order valence-corrected chi connectivity index (χ2v) is 4.38. The van der Waals surface area contributed by atoms with Gasteiger partial charge in [-0.3, -0.25) is 14.3 Å². The van der Waals surface area contributed by atoms with Crippen LogP contribution in [0.4, 0.5) is 0 Å². The maximum atomic E-state index is 11.7. The van der Waals surface area contributed by atoms with Crippen molar-refractivity contribution in [2.75, 3.05) is 0 Å². The lowest BCUT2D eigenvalue weighted by atomic mass is 9.81. The van der Waals surface area contributed by atoms with Gasteiger partial charge < -0.3 is 5.11 Å². The van der Waals surface area contributed by atoms with Gasteiger partial charge in [0.1, 0.15) is 5.54 Å². The lowest BCUT2D eigenvalue weighted by Gasteiger charge is -2.34. The van der Waals surface area contributed by atoms with E-state index in [0.717, 1.165) is 23.8 Å². The summed E-state index contributed by atoms with van der Waals surface area (Å²) in [6.45, 7) is 0. The zero-order chi connectivity index (χ0) is 12.5. The van der Waals surface area contributed by atoms with Gasteiger partial charge in [0.2, 0.25) is 0 Å². The number of aliphatic carboxylic acids is 1. The monoisotopic (exact) mass is 238 g/mol. The molecule has 0 unspecified atom stereocenters. The predicted molar refractivity (Wildman–Crippen MR) is 60.0 cm³/mol. The quantitative estimate of drug-likeness (QED) is 0.774. The highest BCUT2D eigenvalue weighted by molar-refractivity contribution is 5.76. The van der Waals surface area contributed by atoms with E-state index in [2.05, 4.69) is 4.98 Å². The molecule has 17 heavy (non-hydrogen) atoms. The molecule has 92 valence electrons. The fourth-order valence-electron chi connectivity index (χ4n) is 2.45. The van der Waals surface area contributed by atoms with Crippen LogP contribution < -0.4 is 11.2 Å². The lowest BCUT2D eigenvalue weighted by molar-refractivity contribution is -0.149. The van der Waals surface area contributed by atoms with Crippen molar-refractivity contribution < 1.29 is 9.90 Å². The van der Waals surface area contributed by atoms with Crippen LogP contribution in [0.5, 0.6) is 0 Å². The van der Waals surface area contributed by atoms with Crippen LogP contribution in [0.25, 0.3) is 0 Å². The summed E-state index contributed by atoms with van der Waals surface area (Å²) in [6, 6.07) is 1.18. The zero-order valence-corrected chi connectivity index (χ0v) is 9.31. The third-order valence-electron chi connectivity index (χ3n) is 3.36. The molecule has 1 heterocycles. The fourth-order valence-corrected chi connectivity index (χ4v) is 2.45. The summed E-state index contributed by atoms with van der Waals surface area (Å²) in [7, 11) is 0. The van der Waals surface area contributed by atoms with Crippen molar-refractivity contribution >= 4 is 5.97 Å². The highest BCUT2D eigenvalue weighted by Gasteiger charge is 2.42. The van der Waals surface area contributed by atoms with E-state index in [1.807, 2.05) is 0 Å². The first-order chi connectivity index (χ1) is 8.06. The van der Waals surface area contributed by atoms with Crippen molar-refractivity contribution in [3.63, 3.8) is 0 Å². The molecule has 0 bridgehead atoms. The molecule has 0 saturated heterocycles. The van der Waals surface area contributed by atoms with E-state index in [1.165, 1.54) is 12.3 Å². The molecule has 0 spiro atoms. The summed E-state index contributed by atoms with van der Waals surface area (Å²) in [5.41, 5.74) is -2.36. The molecule has 1 saturated carbocycles. The molecule has 0 aliphatic heterocycles. The summed E-state index contributed by atoms with van der Waals surface area (Å²) in [5.74, 6) is -1.01. The molecule has 0 radical (unpaired) electrons. The van der Waals surface area contributed by atoms with E-state index >= 15 is 0 Å². The maximum Gasteiger partial charge on any atom is 0.330 e. The molecule has 1 aromatic heterocycles. The summed E-state index contributed by atoms with van der Waals surface area (Å²) in [4.78, 5) is 36.2. The highest BCUT2D eigenvalue weighted by atomic mass is 16.4. The topological polar surface area (TPSA) is 92.2 Å². The van der Waals surface area contributed by atoms with E-state index in [4.69, 9.17) is 0 Å². The van der Waals surface area contributed by atoms with Gasteiger partial charge in [-0.15, -0.1) is 0 Å². The Morgan fingerprint density at radius 2 is 1.94 bits per heavy atom. The van der Waals surface area contributed by atoms with Crippen LogP contribution in [-0.2, 0) is 10.3 Å². The Hall–Kier alpha value is -1.85. The minimum absolute atomic E-state index is 0.425. The third-order valence-corrected chi connectivity index (χ3v) is 3.36. The van der Waals surface area contributed by atoms with Crippen LogP contribution in [0.15, 0.2) is 21.9 Å². The van der Waals surface area contributed by atoms with Gasteiger partial charge in [-0.25, -0.2) is 9.59 Å². The van der Waals surface area contributed by atoms with Crippen molar-refractivity contribution in [2.45, 2.75) is 37.6 Å². The molecule has 1 fully saturated rings. The van der Waals surface area contributed by atoms with E-state index in [0.29, 0.717) is 12.8 Å². The Kier molecular flexibility index (Phi) is 2.87. The van der Waals surface area contributed by atoms with Crippen LogP contribution in [-0.4, -0.2) is 20.6 Å². The van der Waals surface area contributed by atoms with Gasteiger partial charge in [-0.2, -0.15) is 0 Å². The molecule has 0 aromatic carbocycles. The van der Waals surface area contributed by atoms with Gasteiger partial charge in [0.05, 0.1) is 0 Å². The Balaban J connectivity index is 2.56. The van der Waals surface area contributed by atoms with Crippen LogP contribution in [0.3, 0.4) is 0 Å². The Morgan fingerprint density at radius 1 is 1.29 bits per heavy atom. The number of nitrogens with zero attached hydrogens (tertiary/aromatic N) is 1. The summed E-state index contributed by atoms with van der Waals surface area (Å²) < 4.78 is 1.15. The molecule has 1 aliphatic carbocycles. The summed E-state index contributed by atoms with van der Waals surface area (Å²) >= 11 is 0. The molecular weight excluding hydrogens is 224 g/mol. The van der Waals surface area contributed by atoms with Gasteiger partial charge in [0.25, 0.3) is 5.56 Å². The largest absolute Gasteiger partial charge is 0.479 e. The van der Waals surface area contributed by atoms with Crippen molar-refractivity contribution in [3.05, 3.63) is 33.1 Å². The first kappa shape index (κ1) is 11.6. The SMILES string of the molecule is O=C(O)C1(n2ccc(=O)[nH]c2=O)CCCCC1. The Labute approximate surface area is 96.9 Å². The van der Waals surface area contributed by atoms with Crippen LogP contribution in [0.2, 0.25) is 0 Å². The number of aromatic amines is 1. The van der Waals surface area contributed by atoms with Crippen molar-refractivity contribution in [2.24, 2.45) is 0 Å². The minimum Gasteiger partial charge on any atom is -0.479 e. The summed E-state index contributed by atoms with van der Waals surface area (Å²) in [6.07, 6.45) is 4.66. The molecule has 6 nitrogen and oxygen atoms in total. The maximum absolute atomic E-state index is 11.7. The molecule has 1 aliphatic rings. The summed E-state index contributed by atoms with van der Waals surface area (Å²) in [5, 5.41) is 9.38. The molecule has 2 N–H and O–H groups in total. The van der Waals surface area contributed by atoms with E-state index in [-0.39, 0.29) is 0 Å². The molecule has 2 rings (SSSR count). The number of aromatic nitrogens is 2. The fraction of sp³-hybridized carbons (Fsp3) is 0.545. The standard InChI is InChI=1S/C11H14N2O4/c14-8-4-7-13(10(17)12-8)11(9(15)16)5-2-1-3-6-11/h4,7H,1-3,5-6H2,(H,15,16)(H,12,14,17). The van der Waals surface area contributed by atoms with Gasteiger partial charge >= 0.3 is 11.7 Å². The van der Waals surface area contributed by atoms with E-state index in [9.17, 15) is 19.5 Å². The number of carboxylic acid groups (broad SMARTS) is 1. The number of rotatable bonds is 2. The molecule has 0 atom stereocenters. The van der Waals surface area contributed by atoms with Crippen molar-refractivity contribution in [3.8, 4) is 0 Å². The third kappa shape index (κ3) is 1.90. The average molecular weight is 238 g/mol. The Morgan fingerprint density at radius 3 is 2.47 bits per heavy atom. The van der Waals surface area contributed by atoms with Crippen molar-refractivity contribution in [1.82, 2.24) is 9.55 Å². The zero-order valence-electron chi connectivity index (χ0n) is 9.31. The van der Waals surface area contributed by atoms with Crippen LogP contribution in [0.1, 0.15) is 32.1 Å². The number of carbonyl (C=O) groups is 1. The average Bonchev–Trinajstić information content (AvgIpc) is 2.29. The first-order valence-electron chi connectivity index (χ1n) is 5.62. The van der Waals surface area contributed by atoms with Crippen LogP contribution in [0, 0.1) is 0 Å². The number of carboxylic acids is 1. The minimum atomic E-state index is -1.19. The van der Waals surface area contributed by atoms with Crippen LogP contribution >= 0.6 is 0 Å². The molecule has 0 amide bonds. The highest BCUT2D eigenvalue weighted by Crippen LogP contribution is 2.33. The first-order valence-corrected chi connectivity index (χ1v) is 5.62. The normalized spacial score (nSPS) is 18.8. The van der Waals surface area contributed by atoms with Crippen molar-refractivity contribution in [1.29, 1.82) is 0 Å². The lowest BCUT2D eigenvalue weighted by Crippen LogP contribution is -2.50. The number of nitrogens with one attached hydrogen (secondary N) is 1. The van der Waals surface area contributed by atoms with Gasteiger partial charge in [-0.05, 0) is 12.8 Å². The molecule has 1 aromatic rings. The molecule has 6 heteroatoms. The Bertz CT molecular complexity index is 537.